The lowest BCUT2D eigenvalue weighted by Gasteiger charge is -2.09. The van der Waals surface area contributed by atoms with Gasteiger partial charge in [-0.1, -0.05) is 25.1 Å². The summed E-state index contributed by atoms with van der Waals surface area (Å²) in [4.78, 5) is 22.8. The molecule has 0 atom stereocenters. The Bertz CT molecular complexity index is 432. The van der Waals surface area contributed by atoms with E-state index in [2.05, 4.69) is 10.6 Å². The van der Waals surface area contributed by atoms with Crippen LogP contribution in [0, 0.1) is 6.92 Å². The van der Waals surface area contributed by atoms with Crippen LogP contribution in [0.5, 0.6) is 5.75 Å². The minimum Gasteiger partial charge on any atom is -0.484 e. The van der Waals surface area contributed by atoms with E-state index in [4.69, 9.17) is 4.74 Å². The minimum atomic E-state index is -0.310. The highest BCUT2D eigenvalue weighted by Crippen LogP contribution is 2.15. The molecule has 2 amide bonds. The molecule has 0 bridgehead atoms. The largest absolute Gasteiger partial charge is 0.484 e. The summed E-state index contributed by atoms with van der Waals surface area (Å²) < 4.78 is 5.37. The summed E-state index contributed by atoms with van der Waals surface area (Å²) in [7, 11) is 0. The summed E-state index contributed by atoms with van der Waals surface area (Å²) in [6.07, 6.45) is 0.871. The van der Waals surface area contributed by atoms with Crippen molar-refractivity contribution in [2.24, 2.45) is 0 Å². The average molecular weight is 264 g/mol. The number of rotatable bonds is 7. The maximum atomic E-state index is 11.5. The smallest absolute Gasteiger partial charge is 0.258 e. The second kappa shape index (κ2) is 8.13. The van der Waals surface area contributed by atoms with Crippen LogP contribution in [0.3, 0.4) is 0 Å². The first-order chi connectivity index (χ1) is 9.13. The normalized spacial score (nSPS) is 9.79. The molecule has 1 aromatic rings. The van der Waals surface area contributed by atoms with Crippen molar-refractivity contribution in [1.29, 1.82) is 0 Å². The van der Waals surface area contributed by atoms with E-state index in [9.17, 15) is 9.59 Å². The molecule has 2 N–H and O–H groups in total. The van der Waals surface area contributed by atoms with Crippen molar-refractivity contribution in [1.82, 2.24) is 10.6 Å². The summed E-state index contributed by atoms with van der Waals surface area (Å²) in [5.74, 6) is 0.175. The Kier molecular flexibility index (Phi) is 6.43. The number of amides is 2. The van der Waals surface area contributed by atoms with Crippen LogP contribution >= 0.6 is 0 Å². The molecule has 104 valence electrons. The molecule has 0 aliphatic carbocycles. The van der Waals surface area contributed by atoms with Gasteiger partial charge in [0.05, 0.1) is 6.54 Å². The third kappa shape index (κ3) is 5.90. The molecule has 0 heterocycles. The SMILES string of the molecule is CCCNC(=O)CNC(=O)COc1ccccc1C. The van der Waals surface area contributed by atoms with E-state index in [1.807, 2.05) is 32.0 Å². The third-order valence-electron chi connectivity index (χ3n) is 2.47. The maximum absolute atomic E-state index is 11.5. The van der Waals surface area contributed by atoms with E-state index in [0.29, 0.717) is 12.3 Å². The topological polar surface area (TPSA) is 67.4 Å². The zero-order valence-corrected chi connectivity index (χ0v) is 11.4. The van der Waals surface area contributed by atoms with Gasteiger partial charge in [0.25, 0.3) is 5.91 Å². The highest BCUT2D eigenvalue weighted by molar-refractivity contribution is 5.85. The Hall–Kier alpha value is -2.04. The van der Waals surface area contributed by atoms with Crippen LogP contribution in [-0.4, -0.2) is 31.5 Å². The van der Waals surface area contributed by atoms with E-state index < -0.39 is 0 Å². The molecule has 5 heteroatoms. The maximum Gasteiger partial charge on any atom is 0.258 e. The lowest BCUT2D eigenvalue weighted by atomic mass is 10.2. The molecule has 0 aromatic heterocycles. The van der Waals surface area contributed by atoms with Gasteiger partial charge >= 0.3 is 0 Å². The van der Waals surface area contributed by atoms with Crippen molar-refractivity contribution in [3.05, 3.63) is 29.8 Å². The van der Waals surface area contributed by atoms with E-state index in [-0.39, 0.29) is 25.0 Å². The molecule has 0 spiro atoms. The Morgan fingerprint density at radius 2 is 1.89 bits per heavy atom. The molecule has 0 saturated carbocycles. The van der Waals surface area contributed by atoms with Crippen molar-refractivity contribution in [3.63, 3.8) is 0 Å². The van der Waals surface area contributed by atoms with Crippen LogP contribution in [0.1, 0.15) is 18.9 Å². The first-order valence-corrected chi connectivity index (χ1v) is 6.35. The molecular weight excluding hydrogens is 244 g/mol. The van der Waals surface area contributed by atoms with Gasteiger partial charge in [-0.3, -0.25) is 9.59 Å². The highest BCUT2D eigenvalue weighted by atomic mass is 16.5. The Morgan fingerprint density at radius 3 is 2.58 bits per heavy atom. The van der Waals surface area contributed by atoms with Gasteiger partial charge in [0, 0.05) is 6.54 Å². The van der Waals surface area contributed by atoms with Gasteiger partial charge in [-0.05, 0) is 25.0 Å². The molecule has 0 radical (unpaired) electrons. The summed E-state index contributed by atoms with van der Waals surface area (Å²) in [6, 6.07) is 7.46. The molecule has 0 aliphatic heterocycles. The van der Waals surface area contributed by atoms with Crippen LogP contribution in [0.25, 0.3) is 0 Å². The van der Waals surface area contributed by atoms with E-state index >= 15 is 0 Å². The van der Waals surface area contributed by atoms with Crippen LogP contribution < -0.4 is 15.4 Å². The molecule has 0 saturated heterocycles. The number of aryl methyl sites for hydroxylation is 1. The number of ether oxygens (including phenoxy) is 1. The average Bonchev–Trinajstić information content (AvgIpc) is 2.42. The lowest BCUT2D eigenvalue weighted by molar-refractivity contribution is -0.127. The van der Waals surface area contributed by atoms with Crippen LogP contribution in [-0.2, 0) is 9.59 Å². The molecule has 19 heavy (non-hydrogen) atoms. The fourth-order valence-electron chi connectivity index (χ4n) is 1.42. The predicted molar refractivity (Wildman–Crippen MR) is 73.0 cm³/mol. The fourth-order valence-corrected chi connectivity index (χ4v) is 1.42. The number of carbonyl (C=O) groups excluding carboxylic acids is 2. The lowest BCUT2D eigenvalue weighted by Crippen LogP contribution is -2.39. The Labute approximate surface area is 113 Å². The predicted octanol–water partition coefficient (Wildman–Crippen LogP) is 1.02. The van der Waals surface area contributed by atoms with E-state index in [0.717, 1.165) is 12.0 Å². The van der Waals surface area contributed by atoms with Crippen molar-refractivity contribution in [2.75, 3.05) is 19.7 Å². The summed E-state index contributed by atoms with van der Waals surface area (Å²) in [5, 5.41) is 5.18. The summed E-state index contributed by atoms with van der Waals surface area (Å²) in [5.41, 5.74) is 0.969. The van der Waals surface area contributed by atoms with Crippen LogP contribution in [0.15, 0.2) is 24.3 Å². The first kappa shape index (κ1) is 15.0. The van der Waals surface area contributed by atoms with Gasteiger partial charge < -0.3 is 15.4 Å². The molecule has 0 unspecified atom stereocenters. The minimum absolute atomic E-state index is 0.0179. The van der Waals surface area contributed by atoms with Gasteiger partial charge in [0.2, 0.25) is 5.91 Å². The monoisotopic (exact) mass is 264 g/mol. The van der Waals surface area contributed by atoms with Gasteiger partial charge in [0.15, 0.2) is 6.61 Å². The van der Waals surface area contributed by atoms with Gasteiger partial charge in [0.1, 0.15) is 5.75 Å². The van der Waals surface area contributed by atoms with E-state index in [1.165, 1.54) is 0 Å². The third-order valence-corrected chi connectivity index (χ3v) is 2.47. The number of hydrogen-bond donors (Lipinski definition) is 2. The summed E-state index contributed by atoms with van der Waals surface area (Å²) >= 11 is 0. The molecule has 1 aromatic carbocycles. The zero-order valence-electron chi connectivity index (χ0n) is 11.4. The Morgan fingerprint density at radius 1 is 1.16 bits per heavy atom. The molecule has 1 rings (SSSR count). The van der Waals surface area contributed by atoms with Gasteiger partial charge in [-0.25, -0.2) is 0 Å². The number of nitrogens with one attached hydrogen (secondary N) is 2. The van der Waals surface area contributed by atoms with Crippen LogP contribution in [0.4, 0.5) is 0 Å². The van der Waals surface area contributed by atoms with Crippen LogP contribution in [0.2, 0.25) is 0 Å². The fraction of sp³-hybridized carbons (Fsp3) is 0.429. The molecule has 5 nitrogen and oxygen atoms in total. The number of benzene rings is 1. The van der Waals surface area contributed by atoms with E-state index in [1.54, 1.807) is 6.07 Å². The quantitative estimate of drug-likeness (QED) is 0.772. The molecule has 0 fully saturated rings. The second-order valence-electron chi connectivity index (χ2n) is 4.18. The number of carbonyl (C=O) groups is 2. The summed E-state index contributed by atoms with van der Waals surface area (Å²) in [6.45, 7) is 4.39. The molecule has 0 aliphatic rings. The first-order valence-electron chi connectivity index (χ1n) is 6.35. The molecular formula is C14H20N2O3. The Balaban J connectivity index is 2.25. The van der Waals surface area contributed by atoms with Crippen molar-refractivity contribution >= 4 is 11.8 Å². The number of hydrogen-bond acceptors (Lipinski definition) is 3. The highest BCUT2D eigenvalue weighted by Gasteiger charge is 2.06. The van der Waals surface area contributed by atoms with Crippen molar-refractivity contribution < 1.29 is 14.3 Å². The number of para-hydroxylation sites is 1. The standard InChI is InChI=1S/C14H20N2O3/c1-3-8-15-13(17)9-16-14(18)10-19-12-7-5-4-6-11(12)2/h4-7H,3,8-10H2,1-2H3,(H,15,17)(H,16,18). The zero-order chi connectivity index (χ0) is 14.1. The van der Waals surface area contributed by atoms with Crippen molar-refractivity contribution in [3.8, 4) is 5.75 Å². The second-order valence-corrected chi connectivity index (χ2v) is 4.18. The van der Waals surface area contributed by atoms with Crippen molar-refractivity contribution in [2.45, 2.75) is 20.3 Å². The van der Waals surface area contributed by atoms with Gasteiger partial charge in [-0.15, -0.1) is 0 Å². The van der Waals surface area contributed by atoms with Gasteiger partial charge in [-0.2, -0.15) is 0 Å².